The molecule has 25 heavy (non-hydrogen) atoms. The Hall–Kier alpha value is -1.76. The molecule has 0 aromatic heterocycles. The maximum atomic E-state index is 11.6. The predicted octanol–water partition coefficient (Wildman–Crippen LogP) is -3.22. The number of aliphatic hydroxyl groups excluding tert-OH is 2. The number of nitrogens with two attached hydrogens (primary N) is 2. The molecule has 5 unspecified atom stereocenters. The number of carboxylic acid groups (broad SMARTS) is 1. The van der Waals surface area contributed by atoms with E-state index in [1.165, 1.54) is 13.0 Å². The summed E-state index contributed by atoms with van der Waals surface area (Å²) in [7, 11) is 0. The van der Waals surface area contributed by atoms with E-state index in [1.54, 1.807) is 6.92 Å². The average Bonchev–Trinajstić information content (AvgIpc) is 2.52. The Labute approximate surface area is 145 Å². The van der Waals surface area contributed by atoms with Gasteiger partial charge in [-0.2, -0.15) is 0 Å². The van der Waals surface area contributed by atoms with Crippen LogP contribution in [0.5, 0.6) is 0 Å². The molecule has 0 radical (unpaired) electrons. The summed E-state index contributed by atoms with van der Waals surface area (Å²) in [6, 6.07) is -1.66. The third-order valence-corrected chi connectivity index (χ3v) is 3.55. The minimum absolute atomic E-state index is 0.162. The van der Waals surface area contributed by atoms with Crippen molar-refractivity contribution in [2.75, 3.05) is 13.2 Å². The maximum Gasteiger partial charge on any atom is 0.370 e. The molecule has 0 aliphatic carbocycles. The van der Waals surface area contributed by atoms with Crippen molar-refractivity contribution >= 4 is 11.9 Å². The molecule has 11 nitrogen and oxygen atoms in total. The fourth-order valence-electron chi connectivity index (χ4n) is 2.63. The lowest BCUT2D eigenvalue weighted by Crippen LogP contribution is -2.66. The number of nitrogens with one attached hydrogen (secondary N) is 2. The van der Waals surface area contributed by atoms with E-state index < -0.39 is 60.9 Å². The lowest BCUT2D eigenvalue weighted by molar-refractivity contribution is -0.153. The Morgan fingerprint density at radius 1 is 1.44 bits per heavy atom. The summed E-state index contributed by atoms with van der Waals surface area (Å²) >= 11 is 0. The lowest BCUT2D eigenvalue weighted by Gasteiger charge is -2.42. The van der Waals surface area contributed by atoms with Crippen LogP contribution in [0.1, 0.15) is 13.8 Å². The minimum Gasteiger partial charge on any atom is -0.478 e. The summed E-state index contributed by atoms with van der Waals surface area (Å²) < 4.78 is 10.9. The van der Waals surface area contributed by atoms with Crippen molar-refractivity contribution in [3.05, 3.63) is 11.8 Å². The first-order chi connectivity index (χ1) is 11.7. The Kier molecular flexibility index (Phi) is 8.22. The second kappa shape index (κ2) is 9.65. The topological polar surface area (TPSA) is 189 Å². The highest BCUT2D eigenvalue weighted by molar-refractivity contribution is 5.84. The van der Waals surface area contributed by atoms with Gasteiger partial charge in [-0.15, -0.1) is 0 Å². The average molecular weight is 362 g/mol. The molecule has 1 rings (SSSR count). The summed E-state index contributed by atoms with van der Waals surface area (Å²) in [4.78, 5) is 22.9. The van der Waals surface area contributed by atoms with Gasteiger partial charge in [0.2, 0.25) is 11.7 Å². The number of carbonyl (C=O) groups is 2. The van der Waals surface area contributed by atoms with Gasteiger partial charge in [-0.05, 0) is 13.0 Å². The molecule has 1 amide bonds. The van der Waals surface area contributed by atoms with Gasteiger partial charge < -0.3 is 41.6 Å². The number of ether oxygens (including phenoxy) is 2. The monoisotopic (exact) mass is 362 g/mol. The van der Waals surface area contributed by atoms with Gasteiger partial charge in [0.15, 0.2) is 0 Å². The van der Waals surface area contributed by atoms with Crippen LogP contribution < -0.4 is 22.1 Å². The number of aliphatic carboxylic acids is 1. The quantitative estimate of drug-likeness (QED) is 0.205. The Bertz CT molecular complexity index is 500. The van der Waals surface area contributed by atoms with Crippen LogP contribution >= 0.6 is 0 Å². The zero-order valence-corrected chi connectivity index (χ0v) is 14.1. The molecule has 0 spiro atoms. The molecule has 0 aromatic rings. The van der Waals surface area contributed by atoms with E-state index in [9.17, 15) is 24.9 Å². The largest absolute Gasteiger partial charge is 0.478 e. The molecule has 1 aliphatic rings. The van der Waals surface area contributed by atoms with Gasteiger partial charge in [0.05, 0.1) is 18.7 Å². The number of carboxylic acids is 1. The van der Waals surface area contributed by atoms with Crippen LogP contribution in [-0.2, 0) is 19.1 Å². The van der Waals surface area contributed by atoms with Crippen LogP contribution in [-0.4, -0.2) is 77.1 Å². The van der Waals surface area contributed by atoms with E-state index in [0.29, 0.717) is 0 Å². The molecule has 5 atom stereocenters. The van der Waals surface area contributed by atoms with Gasteiger partial charge in [-0.25, -0.2) is 4.79 Å². The van der Waals surface area contributed by atoms with Crippen molar-refractivity contribution < 1.29 is 34.4 Å². The second-order valence-corrected chi connectivity index (χ2v) is 5.53. The molecule has 0 bridgehead atoms. The third kappa shape index (κ3) is 5.92. The van der Waals surface area contributed by atoms with E-state index in [0.717, 1.165) is 0 Å². The molecule has 1 heterocycles. The zero-order chi connectivity index (χ0) is 19.1. The number of hydrogen-bond acceptors (Lipinski definition) is 9. The van der Waals surface area contributed by atoms with Crippen LogP contribution in [0.3, 0.4) is 0 Å². The summed E-state index contributed by atoms with van der Waals surface area (Å²) in [5.74, 6) is -2.19. The van der Waals surface area contributed by atoms with E-state index in [-0.39, 0.29) is 6.61 Å². The van der Waals surface area contributed by atoms with Crippen LogP contribution in [0.4, 0.5) is 0 Å². The predicted molar refractivity (Wildman–Crippen MR) is 85.8 cm³/mol. The zero-order valence-electron chi connectivity index (χ0n) is 14.1. The maximum absolute atomic E-state index is 11.6. The van der Waals surface area contributed by atoms with Crippen LogP contribution in [0.2, 0.25) is 0 Å². The minimum atomic E-state index is -1.36. The Balaban J connectivity index is 3.29. The van der Waals surface area contributed by atoms with Crippen molar-refractivity contribution in [3.63, 3.8) is 0 Å². The summed E-state index contributed by atoms with van der Waals surface area (Å²) in [5.41, 5.74) is 11.0. The van der Waals surface area contributed by atoms with Crippen molar-refractivity contribution in [2.45, 2.75) is 50.5 Å². The second-order valence-electron chi connectivity index (χ2n) is 5.53. The number of rotatable bonds is 9. The first kappa shape index (κ1) is 21.3. The van der Waals surface area contributed by atoms with Crippen molar-refractivity contribution in [3.8, 4) is 0 Å². The van der Waals surface area contributed by atoms with Gasteiger partial charge in [0.25, 0.3) is 0 Å². The molecule has 11 heteroatoms. The van der Waals surface area contributed by atoms with Crippen LogP contribution in [0, 0.1) is 0 Å². The Morgan fingerprint density at radius 2 is 2.08 bits per heavy atom. The van der Waals surface area contributed by atoms with Crippen LogP contribution in [0.25, 0.3) is 0 Å². The molecular weight excluding hydrogens is 336 g/mol. The molecule has 1 aliphatic heterocycles. The highest BCUT2D eigenvalue weighted by atomic mass is 16.6. The lowest BCUT2D eigenvalue weighted by atomic mass is 9.91. The summed E-state index contributed by atoms with van der Waals surface area (Å²) in [6.07, 6.45) is -3.35. The molecule has 0 aromatic carbocycles. The number of carbonyl (C=O) groups excluding carboxylic acids is 1. The fourth-order valence-corrected chi connectivity index (χ4v) is 2.63. The van der Waals surface area contributed by atoms with Gasteiger partial charge in [0, 0.05) is 13.5 Å². The van der Waals surface area contributed by atoms with Crippen molar-refractivity contribution in [1.29, 1.82) is 0 Å². The van der Waals surface area contributed by atoms with Crippen molar-refractivity contribution in [2.24, 2.45) is 11.5 Å². The van der Waals surface area contributed by atoms with E-state index in [4.69, 9.17) is 20.9 Å². The van der Waals surface area contributed by atoms with Gasteiger partial charge in [-0.1, -0.05) is 0 Å². The van der Waals surface area contributed by atoms with E-state index >= 15 is 0 Å². The molecule has 0 saturated heterocycles. The first-order valence-electron chi connectivity index (χ1n) is 7.77. The van der Waals surface area contributed by atoms with Gasteiger partial charge in [0.1, 0.15) is 24.6 Å². The van der Waals surface area contributed by atoms with Gasteiger partial charge >= 0.3 is 5.97 Å². The third-order valence-electron chi connectivity index (χ3n) is 3.55. The van der Waals surface area contributed by atoms with Crippen LogP contribution in [0.15, 0.2) is 11.8 Å². The van der Waals surface area contributed by atoms with E-state index in [1.807, 2.05) is 0 Å². The highest BCUT2D eigenvalue weighted by Gasteiger charge is 2.44. The summed E-state index contributed by atoms with van der Waals surface area (Å²) in [6.45, 7) is 2.45. The number of amides is 1. The standard InChI is InChI=1S/C14H26N4O7/c1-3-24-11(8(21)5-19)12-10(17-6(2)20)7(18-14(15)16)4-9(25-12)13(22)23/h4,7-8,10-12,14,18-19,21H,3,5,15-16H2,1-2H3,(H,17,20)(H,22,23). The molecule has 144 valence electrons. The molecule has 0 fully saturated rings. The van der Waals surface area contributed by atoms with E-state index in [2.05, 4.69) is 10.6 Å². The fraction of sp³-hybridized carbons (Fsp3) is 0.714. The number of hydrogen-bond donors (Lipinski definition) is 7. The van der Waals surface area contributed by atoms with Gasteiger partial charge in [-0.3, -0.25) is 10.1 Å². The SMILES string of the molecule is CCOC(C(O)CO)C1OC(C(=O)O)=CC(NC(N)N)C1NC(C)=O. The number of aliphatic hydroxyl groups is 2. The van der Waals surface area contributed by atoms with Crippen molar-refractivity contribution in [1.82, 2.24) is 10.6 Å². The normalized spacial score (nSPS) is 25.7. The molecule has 0 saturated carbocycles. The first-order valence-corrected chi connectivity index (χ1v) is 7.77. The Morgan fingerprint density at radius 3 is 2.52 bits per heavy atom. The summed E-state index contributed by atoms with van der Waals surface area (Å²) in [5, 5.41) is 33.9. The molecular formula is C14H26N4O7. The smallest absolute Gasteiger partial charge is 0.370 e. The molecule has 9 N–H and O–H groups in total. The highest BCUT2D eigenvalue weighted by Crippen LogP contribution is 2.25.